The van der Waals surface area contributed by atoms with Crippen LogP contribution in [0, 0.1) is 0 Å². The average Bonchev–Trinajstić information content (AvgIpc) is 3.58. The van der Waals surface area contributed by atoms with Gasteiger partial charge in [0.05, 0.1) is 16.7 Å². The van der Waals surface area contributed by atoms with Gasteiger partial charge in [-0.25, -0.2) is 0 Å². The molecular weight excluding hydrogens is 671 g/mol. The highest BCUT2D eigenvalue weighted by Crippen LogP contribution is 2.52. The predicted molar refractivity (Wildman–Crippen MR) is 231 cm³/mol. The summed E-state index contributed by atoms with van der Waals surface area (Å²) < 4.78 is 2.46. The minimum Gasteiger partial charge on any atom is -0.309 e. The summed E-state index contributed by atoms with van der Waals surface area (Å²) in [6, 6.07) is 69.7. The molecule has 2 heterocycles. The highest BCUT2D eigenvalue weighted by atomic mass is 32.2. The molecule has 10 aromatic carbocycles. The van der Waals surface area contributed by atoms with E-state index in [2.05, 4.69) is 193 Å². The van der Waals surface area contributed by atoms with E-state index < -0.39 is 0 Å². The number of hydrogen-bond acceptors (Lipinski definition) is 1. The van der Waals surface area contributed by atoms with Crippen LogP contribution in [0.25, 0.3) is 104 Å². The van der Waals surface area contributed by atoms with E-state index in [0.29, 0.717) is 0 Å². The van der Waals surface area contributed by atoms with Crippen molar-refractivity contribution in [1.29, 1.82) is 0 Å². The van der Waals surface area contributed by atoms with Gasteiger partial charge in [0, 0.05) is 31.3 Å². The van der Waals surface area contributed by atoms with Gasteiger partial charge in [-0.2, -0.15) is 0 Å². The van der Waals surface area contributed by atoms with Crippen molar-refractivity contribution < 1.29 is 0 Å². The average molecular weight is 702 g/mol. The second-order valence-electron chi connectivity index (χ2n) is 14.4. The largest absolute Gasteiger partial charge is 0.309 e. The topological polar surface area (TPSA) is 4.93 Å². The molecule has 0 saturated heterocycles. The van der Waals surface area contributed by atoms with Gasteiger partial charge in [0.15, 0.2) is 0 Å². The van der Waals surface area contributed by atoms with Crippen molar-refractivity contribution in [1.82, 2.24) is 4.57 Å². The van der Waals surface area contributed by atoms with E-state index in [4.69, 9.17) is 0 Å². The van der Waals surface area contributed by atoms with Crippen molar-refractivity contribution in [3.05, 3.63) is 188 Å². The molecule has 0 unspecified atom stereocenters. The van der Waals surface area contributed by atoms with Crippen LogP contribution in [-0.4, -0.2) is 4.57 Å². The van der Waals surface area contributed by atoms with E-state index in [1.165, 1.54) is 114 Å². The first-order valence-electron chi connectivity index (χ1n) is 18.6. The molecule has 1 aromatic heterocycles. The molecule has 11 aromatic rings. The fraction of sp³-hybridized carbons (Fsp3) is 0. The van der Waals surface area contributed by atoms with Crippen molar-refractivity contribution in [2.75, 3.05) is 0 Å². The lowest BCUT2D eigenvalue weighted by Crippen LogP contribution is -1.96. The molecule has 12 rings (SSSR count). The molecule has 0 fully saturated rings. The van der Waals surface area contributed by atoms with E-state index >= 15 is 0 Å². The zero-order valence-electron chi connectivity index (χ0n) is 29.3. The van der Waals surface area contributed by atoms with Crippen LogP contribution in [0.15, 0.2) is 198 Å². The van der Waals surface area contributed by atoms with Gasteiger partial charge >= 0.3 is 0 Å². The minimum absolute atomic E-state index is 1.20. The van der Waals surface area contributed by atoms with Crippen molar-refractivity contribution in [3.63, 3.8) is 0 Å². The summed E-state index contributed by atoms with van der Waals surface area (Å²) in [6.07, 6.45) is 0. The smallest absolute Gasteiger partial charge is 0.0547 e. The third kappa shape index (κ3) is 4.23. The quantitative estimate of drug-likeness (QED) is 0.166. The second kappa shape index (κ2) is 11.4. The molecule has 1 aliphatic rings. The van der Waals surface area contributed by atoms with Crippen molar-refractivity contribution >= 4 is 76.7 Å². The maximum atomic E-state index is 2.47. The van der Waals surface area contributed by atoms with Gasteiger partial charge in [0.25, 0.3) is 0 Å². The maximum absolute atomic E-state index is 2.47. The highest BCUT2D eigenvalue weighted by Gasteiger charge is 2.24. The van der Waals surface area contributed by atoms with E-state index in [0.717, 1.165) is 0 Å². The molecule has 1 nitrogen and oxygen atoms in total. The summed E-state index contributed by atoms with van der Waals surface area (Å²) in [4.78, 5) is 2.62. The van der Waals surface area contributed by atoms with Crippen LogP contribution >= 0.6 is 11.8 Å². The lowest BCUT2D eigenvalue weighted by Gasteiger charge is -2.23. The van der Waals surface area contributed by atoms with Gasteiger partial charge in [0.1, 0.15) is 0 Å². The maximum Gasteiger partial charge on any atom is 0.0547 e. The third-order valence-corrected chi connectivity index (χ3v) is 12.7. The van der Waals surface area contributed by atoms with Crippen molar-refractivity contribution in [3.8, 4) is 39.1 Å². The standard InChI is InChI=1S/C52H31NS/c1-2-13-33(14-3-1)42-30-35-31-44-43-29-34(27-28-48(43)54-49-26-12-22-41(52(44)49)50(35)39-19-7-6-18-38(39)42)37-21-11-25-47-51(37)40-20-8-9-23-46(40)53(47)45-24-10-16-32-15-4-5-17-36(32)45/h1-31H. The zero-order chi connectivity index (χ0) is 35.3. The first-order chi connectivity index (χ1) is 26.8. The molecule has 0 saturated carbocycles. The van der Waals surface area contributed by atoms with E-state index in [1.54, 1.807) is 0 Å². The van der Waals surface area contributed by atoms with Gasteiger partial charge in [-0.3, -0.25) is 0 Å². The number of hydrogen-bond donors (Lipinski definition) is 0. The molecule has 0 bridgehead atoms. The normalized spacial score (nSPS) is 12.4. The van der Waals surface area contributed by atoms with Gasteiger partial charge in [0.2, 0.25) is 0 Å². The Labute approximate surface area is 316 Å². The van der Waals surface area contributed by atoms with Crippen molar-refractivity contribution in [2.24, 2.45) is 0 Å². The number of nitrogens with zero attached hydrogens (tertiary/aromatic N) is 1. The number of fused-ring (bicyclic) bond motifs is 10. The SMILES string of the molecule is c1ccc(-c2cc3cc4c5c(cccc5c3c3ccccc23)Sc2ccc(-c3cccc5c3c3ccccc3n5-c3cccc5ccccc35)cc2-4)cc1. The first-order valence-corrected chi connectivity index (χ1v) is 19.4. The first kappa shape index (κ1) is 29.9. The van der Waals surface area contributed by atoms with Crippen LogP contribution in [-0.2, 0) is 0 Å². The summed E-state index contributed by atoms with van der Waals surface area (Å²) in [7, 11) is 0. The van der Waals surface area contributed by atoms with Gasteiger partial charge < -0.3 is 4.57 Å². The van der Waals surface area contributed by atoms with Gasteiger partial charge in [-0.1, -0.05) is 151 Å². The molecule has 0 amide bonds. The van der Waals surface area contributed by atoms with Gasteiger partial charge in [-0.15, -0.1) is 0 Å². The van der Waals surface area contributed by atoms with E-state index in [1.807, 2.05) is 11.8 Å². The van der Waals surface area contributed by atoms with E-state index in [9.17, 15) is 0 Å². The summed E-state index contributed by atoms with van der Waals surface area (Å²) in [5, 5.41) is 12.9. The highest BCUT2D eigenvalue weighted by molar-refractivity contribution is 7.99. The monoisotopic (exact) mass is 701 g/mol. The van der Waals surface area contributed by atoms with Crippen LogP contribution in [0.3, 0.4) is 0 Å². The number of benzene rings is 10. The molecule has 0 N–H and O–H groups in total. The lowest BCUT2D eigenvalue weighted by molar-refractivity contribution is 1.20. The van der Waals surface area contributed by atoms with Crippen molar-refractivity contribution in [2.45, 2.75) is 9.79 Å². The Hall–Kier alpha value is -6.61. The molecule has 1 aliphatic heterocycles. The Morgan fingerprint density at radius 1 is 0.315 bits per heavy atom. The Bertz CT molecular complexity index is 3350. The van der Waals surface area contributed by atoms with Crippen LogP contribution < -0.4 is 0 Å². The van der Waals surface area contributed by atoms with Crippen LogP contribution in [0.1, 0.15) is 0 Å². The molecule has 0 spiro atoms. The summed E-state index contributed by atoms with van der Waals surface area (Å²) in [5.41, 5.74) is 11.3. The Morgan fingerprint density at radius 3 is 1.91 bits per heavy atom. The van der Waals surface area contributed by atoms with Crippen LogP contribution in [0.5, 0.6) is 0 Å². The fourth-order valence-electron chi connectivity index (χ4n) is 9.25. The molecule has 54 heavy (non-hydrogen) atoms. The Kier molecular flexibility index (Phi) is 6.34. The molecule has 2 heteroatoms. The lowest BCUT2D eigenvalue weighted by atomic mass is 9.87. The Balaban J connectivity index is 1.12. The second-order valence-corrected chi connectivity index (χ2v) is 15.5. The third-order valence-electron chi connectivity index (χ3n) is 11.5. The Morgan fingerprint density at radius 2 is 1.00 bits per heavy atom. The molecule has 250 valence electrons. The summed E-state index contributed by atoms with van der Waals surface area (Å²) in [6.45, 7) is 0. The predicted octanol–water partition coefficient (Wildman–Crippen LogP) is 14.9. The zero-order valence-corrected chi connectivity index (χ0v) is 30.1. The molecule has 0 atom stereocenters. The number of aromatic nitrogens is 1. The molecule has 0 radical (unpaired) electrons. The summed E-state index contributed by atoms with van der Waals surface area (Å²) >= 11 is 1.90. The van der Waals surface area contributed by atoms with Crippen LogP contribution in [0.2, 0.25) is 0 Å². The minimum atomic E-state index is 1.20. The summed E-state index contributed by atoms with van der Waals surface area (Å²) in [5.74, 6) is 0. The van der Waals surface area contributed by atoms with E-state index in [-0.39, 0.29) is 0 Å². The number of rotatable bonds is 3. The fourth-order valence-corrected chi connectivity index (χ4v) is 10.4. The molecular formula is C52H31NS. The van der Waals surface area contributed by atoms with Crippen LogP contribution in [0.4, 0.5) is 0 Å². The number of para-hydroxylation sites is 1. The molecule has 0 aliphatic carbocycles. The van der Waals surface area contributed by atoms with Gasteiger partial charge in [-0.05, 0) is 114 Å².